The molecule has 0 bridgehead atoms. The van der Waals surface area contributed by atoms with E-state index in [1.165, 1.54) is 34.4 Å². The molecule has 2 rings (SSSR count). The summed E-state index contributed by atoms with van der Waals surface area (Å²) in [5, 5.41) is 0. The summed E-state index contributed by atoms with van der Waals surface area (Å²) in [5.74, 6) is 0. The predicted octanol–water partition coefficient (Wildman–Crippen LogP) is 1.60. The van der Waals surface area contributed by atoms with E-state index in [9.17, 15) is 0 Å². The van der Waals surface area contributed by atoms with Crippen LogP contribution in [-0.2, 0) is 19.4 Å². The van der Waals surface area contributed by atoms with E-state index in [1.807, 2.05) is 12.1 Å². The molecule has 0 amide bonds. The molecule has 2 N–H and O–H groups in total. The average Bonchev–Trinajstić information content (AvgIpc) is 2.30. The summed E-state index contributed by atoms with van der Waals surface area (Å²) < 4.78 is 1.41. The molecule has 0 saturated heterocycles. The maximum atomic E-state index is 6.01. The minimum atomic E-state index is 0.896. The minimum absolute atomic E-state index is 0.896. The van der Waals surface area contributed by atoms with Gasteiger partial charge in [0.05, 0.1) is 0 Å². The molecule has 1 aromatic rings. The SMILES string of the molecule is CN1CC=C([C](=[W])c2ccccc2N)CC1. The van der Waals surface area contributed by atoms with Crippen molar-refractivity contribution < 1.29 is 19.4 Å². The van der Waals surface area contributed by atoms with Crippen molar-refractivity contribution in [3.8, 4) is 0 Å². The Morgan fingerprint density at radius 1 is 1.38 bits per heavy atom. The van der Waals surface area contributed by atoms with E-state index in [2.05, 4.69) is 30.2 Å². The fourth-order valence-corrected chi connectivity index (χ4v) is 3.19. The fourth-order valence-electron chi connectivity index (χ4n) is 1.85. The van der Waals surface area contributed by atoms with Crippen molar-refractivity contribution in [1.82, 2.24) is 4.90 Å². The zero-order valence-corrected chi connectivity index (χ0v) is 12.4. The molecule has 0 saturated carbocycles. The molecule has 0 radical (unpaired) electrons. The molecule has 84 valence electrons. The first-order valence-corrected chi connectivity index (χ1v) is 6.92. The van der Waals surface area contributed by atoms with Crippen LogP contribution in [0.3, 0.4) is 0 Å². The van der Waals surface area contributed by atoms with E-state index in [4.69, 9.17) is 5.73 Å². The van der Waals surface area contributed by atoms with Crippen LogP contribution >= 0.6 is 0 Å². The second kappa shape index (κ2) is 5.07. The van der Waals surface area contributed by atoms with Crippen molar-refractivity contribution in [3.63, 3.8) is 0 Å². The Labute approximate surface area is 108 Å². The van der Waals surface area contributed by atoms with Gasteiger partial charge in [-0.05, 0) is 0 Å². The van der Waals surface area contributed by atoms with Crippen molar-refractivity contribution >= 4 is 9.59 Å². The quantitative estimate of drug-likeness (QED) is 0.786. The van der Waals surface area contributed by atoms with Crippen molar-refractivity contribution in [3.05, 3.63) is 41.5 Å². The van der Waals surface area contributed by atoms with Crippen LogP contribution in [0.25, 0.3) is 0 Å². The molecule has 1 aliphatic rings. The molecule has 0 aliphatic carbocycles. The molecule has 3 heteroatoms. The van der Waals surface area contributed by atoms with Crippen molar-refractivity contribution in [1.29, 1.82) is 0 Å². The Bertz CT molecular complexity index is 437. The monoisotopic (exact) mass is 384 g/mol. The van der Waals surface area contributed by atoms with Gasteiger partial charge in [-0.1, -0.05) is 0 Å². The first kappa shape index (κ1) is 11.8. The van der Waals surface area contributed by atoms with E-state index in [0.29, 0.717) is 0 Å². The zero-order valence-electron chi connectivity index (χ0n) is 9.44. The summed E-state index contributed by atoms with van der Waals surface area (Å²) in [5.41, 5.74) is 9.60. The van der Waals surface area contributed by atoms with Gasteiger partial charge in [-0.3, -0.25) is 0 Å². The number of nitrogen functional groups attached to an aromatic ring is 1. The molecule has 1 aromatic carbocycles. The second-order valence-corrected chi connectivity index (χ2v) is 5.62. The number of likely N-dealkylation sites (N-methyl/N-ethyl adjacent to an activating group) is 1. The van der Waals surface area contributed by atoms with Crippen LogP contribution in [0.1, 0.15) is 12.0 Å². The van der Waals surface area contributed by atoms with Gasteiger partial charge in [0.15, 0.2) is 0 Å². The molecule has 0 spiro atoms. The molecular formula is C13H16N2W. The van der Waals surface area contributed by atoms with Crippen LogP contribution in [-0.4, -0.2) is 28.9 Å². The number of anilines is 1. The van der Waals surface area contributed by atoms with Crippen LogP contribution in [0.5, 0.6) is 0 Å². The van der Waals surface area contributed by atoms with Gasteiger partial charge in [0, 0.05) is 0 Å². The van der Waals surface area contributed by atoms with E-state index in [0.717, 1.165) is 25.2 Å². The molecule has 16 heavy (non-hydrogen) atoms. The third-order valence-corrected chi connectivity index (χ3v) is 4.64. The number of para-hydroxylation sites is 1. The van der Waals surface area contributed by atoms with E-state index >= 15 is 0 Å². The van der Waals surface area contributed by atoms with Gasteiger partial charge in [-0.2, -0.15) is 0 Å². The van der Waals surface area contributed by atoms with Gasteiger partial charge in [0.2, 0.25) is 0 Å². The van der Waals surface area contributed by atoms with Crippen LogP contribution in [0.15, 0.2) is 35.9 Å². The summed E-state index contributed by atoms with van der Waals surface area (Å²) in [6.07, 6.45) is 3.47. The molecule has 0 fully saturated rings. The zero-order chi connectivity index (χ0) is 11.5. The number of nitrogens with two attached hydrogens (primary N) is 1. The Morgan fingerprint density at radius 2 is 2.12 bits per heavy atom. The van der Waals surface area contributed by atoms with Gasteiger partial charge in [-0.25, -0.2) is 0 Å². The number of benzene rings is 1. The third-order valence-electron chi connectivity index (χ3n) is 2.91. The van der Waals surface area contributed by atoms with Crippen molar-refractivity contribution in [2.45, 2.75) is 6.42 Å². The predicted molar refractivity (Wildman–Crippen MR) is 65.2 cm³/mol. The molecule has 0 atom stereocenters. The summed E-state index contributed by atoms with van der Waals surface area (Å²) in [6.45, 7) is 2.20. The number of rotatable bonds is 2. The maximum absolute atomic E-state index is 6.01. The average molecular weight is 384 g/mol. The van der Waals surface area contributed by atoms with Gasteiger partial charge < -0.3 is 0 Å². The number of hydrogen-bond acceptors (Lipinski definition) is 2. The summed E-state index contributed by atoms with van der Waals surface area (Å²) >= 11 is 1.50. The van der Waals surface area contributed by atoms with Crippen LogP contribution in [0.4, 0.5) is 5.69 Å². The van der Waals surface area contributed by atoms with Crippen molar-refractivity contribution in [2.75, 3.05) is 25.9 Å². The summed E-state index contributed by atoms with van der Waals surface area (Å²) in [7, 11) is 2.16. The number of nitrogens with zero attached hydrogens (tertiary/aromatic N) is 1. The topological polar surface area (TPSA) is 29.3 Å². The van der Waals surface area contributed by atoms with E-state index in [-0.39, 0.29) is 0 Å². The van der Waals surface area contributed by atoms with Gasteiger partial charge in [0.25, 0.3) is 0 Å². The number of hydrogen-bond donors (Lipinski definition) is 1. The van der Waals surface area contributed by atoms with Crippen LogP contribution < -0.4 is 5.73 Å². The molecule has 1 aliphatic heterocycles. The third kappa shape index (κ3) is 2.50. The van der Waals surface area contributed by atoms with Crippen LogP contribution in [0, 0.1) is 0 Å². The van der Waals surface area contributed by atoms with E-state index in [1.54, 1.807) is 0 Å². The van der Waals surface area contributed by atoms with Crippen molar-refractivity contribution in [2.24, 2.45) is 0 Å². The van der Waals surface area contributed by atoms with E-state index < -0.39 is 0 Å². The van der Waals surface area contributed by atoms with Gasteiger partial charge in [-0.15, -0.1) is 0 Å². The first-order chi connectivity index (χ1) is 7.68. The molecule has 2 nitrogen and oxygen atoms in total. The Kier molecular flexibility index (Phi) is 3.73. The Balaban J connectivity index is 2.23. The first-order valence-electron chi connectivity index (χ1n) is 5.45. The van der Waals surface area contributed by atoms with Gasteiger partial charge in [0.1, 0.15) is 0 Å². The van der Waals surface area contributed by atoms with Gasteiger partial charge >= 0.3 is 108 Å². The fraction of sp³-hybridized carbons (Fsp3) is 0.308. The Morgan fingerprint density at radius 3 is 2.75 bits per heavy atom. The second-order valence-electron chi connectivity index (χ2n) is 4.16. The normalized spacial score (nSPS) is 16.9. The Hall–Kier alpha value is -0.722. The standard InChI is InChI=1S/C13H16N2.W/c1-15-8-6-11(7-9-15)10-12-4-2-3-5-13(12)14;/h2-6H,7-9,14H2,1H3;. The van der Waals surface area contributed by atoms with Crippen LogP contribution in [0.2, 0.25) is 0 Å². The summed E-state index contributed by atoms with van der Waals surface area (Å²) in [6, 6.07) is 8.15. The molecule has 1 heterocycles. The summed E-state index contributed by atoms with van der Waals surface area (Å²) in [4.78, 5) is 2.33. The molecule has 0 aromatic heterocycles. The molecule has 0 unspecified atom stereocenters. The molecular weight excluding hydrogens is 368 g/mol.